The van der Waals surface area contributed by atoms with Gasteiger partial charge in [0.25, 0.3) is 0 Å². The molecule has 0 heterocycles. The van der Waals surface area contributed by atoms with Crippen molar-refractivity contribution in [1.82, 2.24) is 0 Å². The van der Waals surface area contributed by atoms with Crippen LogP contribution in [0.25, 0.3) is 0 Å². The van der Waals surface area contributed by atoms with Gasteiger partial charge in [-0.05, 0) is 12.8 Å². The van der Waals surface area contributed by atoms with Crippen LogP contribution in [-0.4, -0.2) is 75.6 Å². The molecule has 0 radical (unpaired) electrons. The molecule has 0 fully saturated rings. The molecule has 0 bridgehead atoms. The van der Waals surface area contributed by atoms with Crippen LogP contribution in [0.4, 0.5) is 0 Å². The molecule has 51 heavy (non-hydrogen) atoms. The van der Waals surface area contributed by atoms with Crippen LogP contribution in [-0.2, 0) is 27.9 Å². The van der Waals surface area contributed by atoms with Gasteiger partial charge >= 0.3 is 13.8 Å². The molecular weight excluding hydrogens is 661 g/mol. The highest BCUT2D eigenvalue weighted by Crippen LogP contribution is 2.43. The summed E-state index contributed by atoms with van der Waals surface area (Å²) in [5, 5.41) is 0. The number of esters is 1. The molecule has 0 aromatic rings. The summed E-state index contributed by atoms with van der Waals surface area (Å²) < 4.78 is 34.8. The smallest absolute Gasteiger partial charge is 0.457 e. The largest absolute Gasteiger partial charge is 0.472 e. The van der Waals surface area contributed by atoms with Crippen molar-refractivity contribution < 1.29 is 37.3 Å². The maximum Gasteiger partial charge on any atom is 0.472 e. The van der Waals surface area contributed by atoms with E-state index in [1.807, 2.05) is 21.1 Å². The Kier molecular flexibility index (Phi) is 36.1. The molecule has 2 atom stereocenters. The van der Waals surface area contributed by atoms with Crippen LogP contribution in [0.2, 0.25) is 0 Å². The number of phosphoric acid groups is 1. The van der Waals surface area contributed by atoms with E-state index in [9.17, 15) is 14.3 Å². The van der Waals surface area contributed by atoms with Crippen LogP contribution in [0.1, 0.15) is 206 Å². The summed E-state index contributed by atoms with van der Waals surface area (Å²) in [6, 6.07) is 0. The third-order valence-corrected chi connectivity index (χ3v) is 10.7. The van der Waals surface area contributed by atoms with E-state index in [4.69, 9.17) is 18.5 Å². The van der Waals surface area contributed by atoms with Crippen molar-refractivity contribution in [1.29, 1.82) is 0 Å². The lowest BCUT2D eigenvalue weighted by Gasteiger charge is -2.24. The topological polar surface area (TPSA) is 91.3 Å². The van der Waals surface area contributed by atoms with E-state index < -0.39 is 13.9 Å². The van der Waals surface area contributed by atoms with Crippen LogP contribution < -0.4 is 0 Å². The van der Waals surface area contributed by atoms with Crippen molar-refractivity contribution in [2.45, 2.75) is 213 Å². The Hall–Kier alpha value is -0.500. The maximum atomic E-state index is 12.6. The Balaban J connectivity index is 3.99. The first-order valence-corrected chi connectivity index (χ1v) is 23.3. The molecule has 0 spiro atoms. The molecular formula is C42H87NO7P+. The molecule has 1 N–H and O–H groups in total. The number of unbranched alkanes of at least 4 members (excludes halogenated alkanes) is 27. The third-order valence-electron chi connectivity index (χ3n) is 9.67. The number of likely N-dealkylation sites (N-methyl/N-ethyl adjacent to an activating group) is 1. The van der Waals surface area contributed by atoms with Gasteiger partial charge in [0.15, 0.2) is 0 Å². The molecule has 2 unspecified atom stereocenters. The van der Waals surface area contributed by atoms with E-state index in [1.54, 1.807) is 0 Å². The van der Waals surface area contributed by atoms with E-state index in [0.29, 0.717) is 24.1 Å². The van der Waals surface area contributed by atoms with Crippen molar-refractivity contribution in [3.63, 3.8) is 0 Å². The van der Waals surface area contributed by atoms with Gasteiger partial charge in [0.05, 0.1) is 34.4 Å². The molecule has 8 nitrogen and oxygen atoms in total. The Morgan fingerprint density at radius 2 is 0.902 bits per heavy atom. The second-order valence-corrected chi connectivity index (χ2v) is 17.5. The summed E-state index contributed by atoms with van der Waals surface area (Å²) in [6.45, 7) is 5.63. The number of hydrogen-bond donors (Lipinski definition) is 1. The molecule has 9 heteroatoms. The molecule has 0 rings (SSSR count). The van der Waals surface area contributed by atoms with Crippen LogP contribution in [0.5, 0.6) is 0 Å². The number of rotatable bonds is 41. The van der Waals surface area contributed by atoms with Gasteiger partial charge in [-0.25, -0.2) is 4.57 Å². The SMILES string of the molecule is CCCCCCCCCCCCCCCCCCCCCCCCC(=O)OC(COCCCCCCCCC)COP(=O)(O)OCC[N+](C)(C)C. The van der Waals surface area contributed by atoms with Gasteiger partial charge in [0.2, 0.25) is 0 Å². The Morgan fingerprint density at radius 1 is 0.529 bits per heavy atom. The maximum absolute atomic E-state index is 12.6. The van der Waals surface area contributed by atoms with Crippen LogP contribution in [0.15, 0.2) is 0 Å². The Morgan fingerprint density at radius 3 is 1.29 bits per heavy atom. The minimum absolute atomic E-state index is 0.0933. The summed E-state index contributed by atoms with van der Waals surface area (Å²) >= 11 is 0. The zero-order valence-electron chi connectivity index (χ0n) is 34.6. The molecule has 0 saturated heterocycles. The van der Waals surface area contributed by atoms with Crippen LogP contribution in [0.3, 0.4) is 0 Å². The van der Waals surface area contributed by atoms with Gasteiger partial charge in [-0.15, -0.1) is 0 Å². The molecule has 0 amide bonds. The van der Waals surface area contributed by atoms with Crippen molar-refractivity contribution in [3.05, 3.63) is 0 Å². The summed E-state index contributed by atoms with van der Waals surface area (Å²) in [5.74, 6) is -0.310. The van der Waals surface area contributed by atoms with Gasteiger partial charge < -0.3 is 18.9 Å². The van der Waals surface area contributed by atoms with Gasteiger partial charge in [-0.2, -0.15) is 0 Å². The van der Waals surface area contributed by atoms with E-state index in [1.165, 1.54) is 154 Å². The second kappa shape index (κ2) is 36.5. The summed E-state index contributed by atoms with van der Waals surface area (Å²) in [4.78, 5) is 22.8. The van der Waals surface area contributed by atoms with E-state index in [-0.39, 0.29) is 25.8 Å². The highest BCUT2D eigenvalue weighted by Gasteiger charge is 2.26. The lowest BCUT2D eigenvalue weighted by atomic mass is 10.0. The molecule has 0 saturated carbocycles. The number of nitrogens with zero attached hydrogens (tertiary/aromatic N) is 1. The number of phosphoric ester groups is 1. The highest BCUT2D eigenvalue weighted by atomic mass is 31.2. The first kappa shape index (κ1) is 50.5. The Labute approximate surface area is 317 Å². The minimum Gasteiger partial charge on any atom is -0.457 e. The first-order chi connectivity index (χ1) is 24.6. The minimum atomic E-state index is -4.26. The Bertz CT molecular complexity index is 792. The van der Waals surface area contributed by atoms with E-state index in [2.05, 4.69) is 13.8 Å². The molecule has 0 aliphatic heterocycles. The number of ether oxygens (including phenoxy) is 2. The average molecular weight is 749 g/mol. The van der Waals surface area contributed by atoms with Gasteiger partial charge in [-0.3, -0.25) is 13.8 Å². The number of quaternary nitrogens is 1. The molecule has 306 valence electrons. The van der Waals surface area contributed by atoms with Crippen molar-refractivity contribution in [2.75, 3.05) is 54.1 Å². The lowest BCUT2D eigenvalue weighted by molar-refractivity contribution is -0.870. The lowest BCUT2D eigenvalue weighted by Crippen LogP contribution is -2.37. The third kappa shape index (κ3) is 40.5. The standard InChI is InChI=1S/C42H86NO7P/c1-6-8-10-12-14-15-16-17-18-19-20-21-22-23-24-25-26-27-28-29-31-33-35-42(44)50-41(39-47-37-34-32-30-13-11-9-7-2)40-49-51(45,46)48-38-36-43(3,4)5/h41H,6-40H2,1-5H3/p+1. The van der Waals surface area contributed by atoms with E-state index >= 15 is 0 Å². The molecule has 0 aromatic carbocycles. The fourth-order valence-electron chi connectivity index (χ4n) is 6.26. The fourth-order valence-corrected chi connectivity index (χ4v) is 7.00. The van der Waals surface area contributed by atoms with Crippen LogP contribution in [0, 0.1) is 0 Å². The first-order valence-electron chi connectivity index (χ1n) is 21.8. The summed E-state index contributed by atoms with van der Waals surface area (Å²) in [5.41, 5.74) is 0. The molecule has 0 aliphatic carbocycles. The average Bonchev–Trinajstić information content (AvgIpc) is 3.08. The van der Waals surface area contributed by atoms with Crippen molar-refractivity contribution in [3.8, 4) is 0 Å². The zero-order valence-corrected chi connectivity index (χ0v) is 35.5. The number of carbonyl (C=O) groups excluding carboxylic acids is 1. The predicted octanol–water partition coefficient (Wildman–Crippen LogP) is 12.5. The number of carbonyl (C=O) groups is 1. The normalized spacial score (nSPS) is 13.8. The molecule has 0 aromatic heterocycles. The number of hydrogen-bond acceptors (Lipinski definition) is 6. The van der Waals surface area contributed by atoms with Crippen molar-refractivity contribution in [2.24, 2.45) is 0 Å². The fraction of sp³-hybridized carbons (Fsp3) is 0.976. The van der Waals surface area contributed by atoms with E-state index in [0.717, 1.165) is 32.1 Å². The summed E-state index contributed by atoms with van der Waals surface area (Å²) in [6.07, 6.45) is 37.2. The monoisotopic (exact) mass is 749 g/mol. The zero-order chi connectivity index (χ0) is 37.7. The molecule has 0 aliphatic rings. The highest BCUT2D eigenvalue weighted by molar-refractivity contribution is 7.47. The van der Waals surface area contributed by atoms with Crippen LogP contribution >= 0.6 is 7.82 Å². The summed E-state index contributed by atoms with van der Waals surface area (Å²) in [7, 11) is 1.68. The quantitative estimate of drug-likeness (QED) is 0.0288. The van der Waals surface area contributed by atoms with Gasteiger partial charge in [0.1, 0.15) is 19.3 Å². The van der Waals surface area contributed by atoms with Gasteiger partial charge in [-0.1, -0.05) is 187 Å². The predicted molar refractivity (Wildman–Crippen MR) is 215 cm³/mol. The van der Waals surface area contributed by atoms with Crippen molar-refractivity contribution >= 4 is 13.8 Å². The second-order valence-electron chi connectivity index (χ2n) is 16.1. The van der Waals surface area contributed by atoms with Gasteiger partial charge in [0, 0.05) is 13.0 Å².